The van der Waals surface area contributed by atoms with E-state index < -0.39 is 43.7 Å². The van der Waals surface area contributed by atoms with Crippen LogP contribution in [0.1, 0.15) is 27.7 Å². The van der Waals surface area contributed by atoms with Crippen LogP contribution in [0.3, 0.4) is 0 Å². The van der Waals surface area contributed by atoms with E-state index in [0.29, 0.717) is 4.99 Å². The minimum Gasteiger partial charge on any atom is -0.462 e. The summed E-state index contributed by atoms with van der Waals surface area (Å²) in [6, 6.07) is 7.45. The fourth-order valence-corrected chi connectivity index (χ4v) is 5.69. The summed E-state index contributed by atoms with van der Waals surface area (Å²) in [6.07, 6.45) is 0.848. The van der Waals surface area contributed by atoms with Crippen molar-refractivity contribution in [1.82, 2.24) is 15.3 Å². The van der Waals surface area contributed by atoms with Crippen LogP contribution in [0.4, 0.5) is 0 Å². The van der Waals surface area contributed by atoms with Crippen molar-refractivity contribution in [3.8, 4) is 5.75 Å². The lowest BCUT2D eigenvalue weighted by Gasteiger charge is -2.37. The molecule has 35 heavy (non-hydrogen) atoms. The van der Waals surface area contributed by atoms with Crippen molar-refractivity contribution in [3.63, 3.8) is 0 Å². The summed E-state index contributed by atoms with van der Waals surface area (Å²) >= 11 is 9.62. The normalized spacial score (nSPS) is 28.9. The number of carbonyl (C=O) groups excluding carboxylic acids is 1. The highest BCUT2D eigenvalue weighted by Crippen LogP contribution is 2.46. The van der Waals surface area contributed by atoms with E-state index in [1.54, 1.807) is 61.4 Å². The van der Waals surface area contributed by atoms with E-state index in [0.717, 1.165) is 0 Å². The van der Waals surface area contributed by atoms with Gasteiger partial charge in [0.25, 0.3) is 0 Å². The third-order valence-corrected chi connectivity index (χ3v) is 7.66. The van der Waals surface area contributed by atoms with E-state index in [2.05, 4.69) is 23.0 Å². The predicted molar refractivity (Wildman–Crippen MR) is 138 cm³/mol. The van der Waals surface area contributed by atoms with Gasteiger partial charge in [0, 0.05) is 12.1 Å². The van der Waals surface area contributed by atoms with E-state index >= 15 is 0 Å². The zero-order chi connectivity index (χ0) is 25.8. The Morgan fingerprint density at radius 2 is 2.03 bits per heavy atom. The number of nitrogens with one attached hydrogen (secondary N) is 2. The Morgan fingerprint density at radius 1 is 1.34 bits per heavy atom. The predicted octanol–water partition coefficient (Wildman–Crippen LogP) is 2.80. The Bertz CT molecular complexity index is 968. The van der Waals surface area contributed by atoms with E-state index in [4.69, 9.17) is 30.7 Å². The number of hydrogen-bond donors (Lipinski definition) is 4. The quantitative estimate of drug-likeness (QED) is 0.150. The third kappa shape index (κ3) is 7.42. The molecule has 0 saturated carbocycles. The monoisotopic (exact) mass is 545 g/mol. The average Bonchev–Trinajstić information content (AvgIpc) is 3.06. The van der Waals surface area contributed by atoms with E-state index in [-0.39, 0.29) is 24.4 Å². The van der Waals surface area contributed by atoms with Crippen molar-refractivity contribution in [2.45, 2.75) is 63.8 Å². The summed E-state index contributed by atoms with van der Waals surface area (Å²) in [5, 5.41) is 16.4. The highest BCUT2D eigenvalue weighted by atomic mass is 32.1. The molecule has 0 amide bonds. The molecule has 13 heteroatoms. The molecule has 3 rings (SSSR count). The topological polar surface area (TPSA) is 119 Å². The molecular formula is C22H32N3O7PS2. The van der Waals surface area contributed by atoms with Crippen molar-refractivity contribution in [3.05, 3.63) is 42.6 Å². The van der Waals surface area contributed by atoms with Gasteiger partial charge in [-0.05, 0) is 39.0 Å². The molecule has 1 saturated heterocycles. The lowest BCUT2D eigenvalue weighted by molar-refractivity contribution is -0.149. The zero-order valence-corrected chi connectivity index (χ0v) is 22.5. The molecule has 0 spiro atoms. The number of ether oxygens (including phenoxy) is 2. The van der Waals surface area contributed by atoms with Crippen LogP contribution in [0.15, 0.2) is 42.6 Å². The van der Waals surface area contributed by atoms with Gasteiger partial charge in [0.1, 0.15) is 34.6 Å². The number of esters is 1. The zero-order valence-electron chi connectivity index (χ0n) is 19.9. The van der Waals surface area contributed by atoms with Gasteiger partial charge in [-0.25, -0.2) is 4.57 Å². The van der Waals surface area contributed by atoms with Gasteiger partial charge in [-0.15, -0.1) is 12.6 Å². The Hall–Kier alpha value is -1.66. The molecule has 1 aromatic rings. The highest BCUT2D eigenvalue weighted by Gasteiger charge is 2.46. The summed E-state index contributed by atoms with van der Waals surface area (Å²) in [4.78, 5) is 14.6. The van der Waals surface area contributed by atoms with Gasteiger partial charge in [-0.1, -0.05) is 37.3 Å². The average molecular weight is 546 g/mol. The van der Waals surface area contributed by atoms with Crippen LogP contribution in [-0.2, 0) is 23.4 Å². The van der Waals surface area contributed by atoms with Crippen LogP contribution in [0.2, 0.25) is 0 Å². The molecule has 7 atom stereocenters. The maximum Gasteiger partial charge on any atom is 0.459 e. The third-order valence-electron chi connectivity index (χ3n) is 5.36. The Balaban J connectivity index is 1.71. The second kappa shape index (κ2) is 12.1. The second-order valence-electron chi connectivity index (χ2n) is 8.59. The van der Waals surface area contributed by atoms with Crippen LogP contribution in [0.25, 0.3) is 0 Å². The smallest absolute Gasteiger partial charge is 0.459 e. The fourth-order valence-electron chi connectivity index (χ4n) is 3.59. The number of nitrogens with zero attached hydrogens (tertiary/aromatic N) is 1. The van der Waals surface area contributed by atoms with E-state index in [1.165, 1.54) is 6.92 Å². The number of thiocarbonyl (C=S) groups is 1. The van der Waals surface area contributed by atoms with Gasteiger partial charge in [0.05, 0.1) is 18.8 Å². The molecule has 2 aliphatic rings. The molecule has 0 aliphatic carbocycles. The van der Waals surface area contributed by atoms with Crippen molar-refractivity contribution in [2.75, 3.05) is 6.61 Å². The first-order chi connectivity index (χ1) is 16.5. The number of benzene rings is 1. The highest BCUT2D eigenvalue weighted by molar-refractivity contribution is 7.82. The molecule has 1 fully saturated rings. The summed E-state index contributed by atoms with van der Waals surface area (Å²) in [5.74, 6) is -0.641. The van der Waals surface area contributed by atoms with Crippen molar-refractivity contribution in [2.24, 2.45) is 5.92 Å². The summed E-state index contributed by atoms with van der Waals surface area (Å²) in [5.41, 5.74) is -0.436. The lowest BCUT2D eigenvalue weighted by Crippen LogP contribution is -2.50. The first-order valence-corrected chi connectivity index (χ1v) is 13.7. The van der Waals surface area contributed by atoms with Crippen molar-refractivity contribution in [1.29, 1.82) is 0 Å². The molecule has 194 valence electrons. The number of para-hydroxylation sites is 1. The molecule has 10 nitrogen and oxygen atoms in total. The van der Waals surface area contributed by atoms with Gasteiger partial charge >= 0.3 is 13.7 Å². The van der Waals surface area contributed by atoms with Crippen molar-refractivity contribution < 1.29 is 33.0 Å². The van der Waals surface area contributed by atoms with Crippen LogP contribution in [0.5, 0.6) is 5.75 Å². The van der Waals surface area contributed by atoms with Gasteiger partial charge in [0.15, 0.2) is 0 Å². The first kappa shape index (κ1) is 27.9. The number of aliphatic hydroxyl groups is 1. The van der Waals surface area contributed by atoms with Crippen molar-refractivity contribution >= 4 is 43.6 Å². The first-order valence-electron chi connectivity index (χ1n) is 11.2. The van der Waals surface area contributed by atoms with Crippen LogP contribution < -0.4 is 14.9 Å². The Kier molecular flexibility index (Phi) is 9.61. The molecule has 0 aromatic heterocycles. The fraction of sp³-hybridized carbons (Fsp3) is 0.545. The number of rotatable bonds is 10. The van der Waals surface area contributed by atoms with Gasteiger partial charge < -0.3 is 29.3 Å². The van der Waals surface area contributed by atoms with Crippen LogP contribution in [-0.4, -0.2) is 63.7 Å². The molecule has 1 aromatic carbocycles. The van der Waals surface area contributed by atoms with Crippen LogP contribution >= 0.6 is 32.6 Å². The maximum absolute atomic E-state index is 13.6. The summed E-state index contributed by atoms with van der Waals surface area (Å²) < 4.78 is 36.2. The van der Waals surface area contributed by atoms with E-state index in [9.17, 15) is 14.5 Å². The molecule has 0 bridgehead atoms. The van der Waals surface area contributed by atoms with Gasteiger partial charge in [0.2, 0.25) is 0 Å². The SMILES string of the molecule is CC(C)OC(=O)[C@H](C)NP(=O)(OC[C@H]1O[C@@H](N2C=CC(=S)NC2S)C(C)[C@H]1O)Oc1ccccc1. The number of aliphatic hydroxyl groups excluding tert-OH is 1. The van der Waals surface area contributed by atoms with Crippen LogP contribution in [0, 0.1) is 5.92 Å². The summed E-state index contributed by atoms with van der Waals surface area (Å²) in [7, 11) is -4.08. The number of thiol groups is 1. The summed E-state index contributed by atoms with van der Waals surface area (Å²) in [6.45, 7) is 6.51. The second-order valence-corrected chi connectivity index (χ2v) is 11.2. The van der Waals surface area contributed by atoms with E-state index in [1.807, 2.05) is 6.92 Å². The molecule has 2 heterocycles. The Labute approximate surface area is 216 Å². The number of hydrogen-bond acceptors (Lipinski definition) is 10. The Morgan fingerprint density at radius 3 is 2.66 bits per heavy atom. The maximum atomic E-state index is 13.6. The molecule has 3 N–H and O–H groups in total. The van der Waals surface area contributed by atoms with Gasteiger partial charge in [-0.3, -0.25) is 9.32 Å². The standard InChI is InChI=1S/C22H32N3O7PS2/c1-13(2)30-21(27)15(4)24-33(28,32-16-8-6-5-7-9-16)29-12-17-19(26)14(3)20(31-17)25-11-10-18(34)23-22(25)35/h5-11,13-15,17,19-20,22,26,35H,12H2,1-4H3,(H,23,34)(H,24,28)/t14?,15-,17+,19+,20+,22?,33?/m0/s1. The molecule has 3 unspecified atom stereocenters. The molecular weight excluding hydrogens is 513 g/mol. The van der Waals surface area contributed by atoms with Gasteiger partial charge in [-0.2, -0.15) is 5.09 Å². The lowest BCUT2D eigenvalue weighted by atomic mass is 10.0. The minimum absolute atomic E-state index is 0.258. The largest absolute Gasteiger partial charge is 0.462 e. The minimum atomic E-state index is -4.08. The molecule has 0 radical (unpaired) electrons. The molecule has 2 aliphatic heterocycles. The number of carbonyl (C=O) groups is 1.